The van der Waals surface area contributed by atoms with E-state index in [1.807, 2.05) is 30.3 Å². The molecule has 0 saturated carbocycles. The van der Waals surface area contributed by atoms with Crippen LogP contribution in [0.3, 0.4) is 0 Å². The molecule has 0 unspecified atom stereocenters. The number of aliphatic hydroxyl groups is 1. The van der Waals surface area contributed by atoms with Crippen molar-refractivity contribution >= 4 is 11.6 Å². The van der Waals surface area contributed by atoms with Gasteiger partial charge < -0.3 is 20.9 Å². The van der Waals surface area contributed by atoms with Crippen molar-refractivity contribution in [2.24, 2.45) is 5.73 Å². The first kappa shape index (κ1) is 24.5. The van der Waals surface area contributed by atoms with Crippen LogP contribution in [0.5, 0.6) is 5.75 Å². The zero-order valence-corrected chi connectivity index (χ0v) is 19.9. The van der Waals surface area contributed by atoms with Crippen molar-refractivity contribution in [2.45, 2.75) is 45.1 Å². The number of hydrogen-bond acceptors (Lipinski definition) is 4. The highest BCUT2D eigenvalue weighted by molar-refractivity contribution is 5.97. The Balaban J connectivity index is 1.67. The molecule has 1 amide bonds. The molecule has 0 fully saturated rings. The fourth-order valence-electron chi connectivity index (χ4n) is 3.44. The maximum absolute atomic E-state index is 12.3. The van der Waals surface area contributed by atoms with E-state index in [0.29, 0.717) is 12.3 Å². The summed E-state index contributed by atoms with van der Waals surface area (Å²) < 4.78 is 6.15. The fourth-order valence-corrected chi connectivity index (χ4v) is 3.44. The minimum absolute atomic E-state index is 0.184. The number of hydrogen-bond donors (Lipinski definition) is 3. The largest absolute Gasteiger partial charge is 0.493 e. The smallest absolute Gasteiger partial charge is 0.246 e. The van der Waals surface area contributed by atoms with Crippen LogP contribution in [0.25, 0.3) is 11.1 Å². The van der Waals surface area contributed by atoms with Gasteiger partial charge in [-0.15, -0.1) is 0 Å². The lowest BCUT2D eigenvalue weighted by atomic mass is 9.86. The predicted octanol–water partition coefficient (Wildman–Crippen LogP) is 4.92. The monoisotopic (exact) mass is 446 g/mol. The first-order valence-electron chi connectivity index (χ1n) is 11.2. The normalized spacial score (nSPS) is 13.3. The number of nitrogens with one attached hydrogen (secondary N) is 1. The lowest BCUT2D eigenvalue weighted by Crippen LogP contribution is -2.51. The Morgan fingerprint density at radius 2 is 1.58 bits per heavy atom. The number of carbonyl (C=O) groups excluding carboxylic acids is 1. The molecule has 0 saturated heterocycles. The number of anilines is 1. The minimum atomic E-state index is -1.34. The third-order valence-corrected chi connectivity index (χ3v) is 5.60. The maximum Gasteiger partial charge on any atom is 0.246 e. The van der Waals surface area contributed by atoms with Crippen molar-refractivity contribution in [2.75, 3.05) is 18.5 Å². The summed E-state index contributed by atoms with van der Waals surface area (Å²) in [6.45, 7) is 7.91. The van der Waals surface area contributed by atoms with Crippen LogP contribution < -0.4 is 15.8 Å². The van der Waals surface area contributed by atoms with Crippen LogP contribution in [-0.4, -0.2) is 29.8 Å². The van der Waals surface area contributed by atoms with Crippen LogP contribution in [0.1, 0.15) is 38.8 Å². The van der Waals surface area contributed by atoms with Gasteiger partial charge in [0.05, 0.1) is 13.2 Å². The van der Waals surface area contributed by atoms with Crippen LogP contribution in [-0.2, 0) is 16.6 Å². The molecule has 0 heterocycles. The number of nitrogens with two attached hydrogens (primary N) is 1. The van der Waals surface area contributed by atoms with Crippen LogP contribution in [0, 0.1) is 0 Å². The molecule has 33 heavy (non-hydrogen) atoms. The molecule has 0 radical (unpaired) electrons. The molecule has 3 aromatic carbocycles. The second-order valence-corrected chi connectivity index (χ2v) is 9.65. The quantitative estimate of drug-likeness (QED) is 0.458. The van der Waals surface area contributed by atoms with Gasteiger partial charge in [0.25, 0.3) is 0 Å². The van der Waals surface area contributed by atoms with Crippen molar-refractivity contribution in [3.8, 4) is 16.9 Å². The minimum Gasteiger partial charge on any atom is -0.493 e. The standard InChI is InChI=1S/C28H34N2O3/c1-27(2,3)24-18-23(30-26(32)28(4,29)19-31)14-15-25(24)33-17-16-20-10-12-22(13-11-20)21-8-6-5-7-9-21/h5-15,18,31H,16-17,19,29H2,1-4H3,(H,30,32)/t28-/m0/s1. The van der Waals surface area contributed by atoms with Gasteiger partial charge in [-0.3, -0.25) is 4.79 Å². The summed E-state index contributed by atoms with van der Waals surface area (Å²) in [6.07, 6.45) is 0.791. The lowest BCUT2D eigenvalue weighted by molar-refractivity contribution is -0.121. The average molecular weight is 447 g/mol. The average Bonchev–Trinajstić information content (AvgIpc) is 2.80. The lowest BCUT2D eigenvalue weighted by Gasteiger charge is -2.25. The Morgan fingerprint density at radius 1 is 0.939 bits per heavy atom. The summed E-state index contributed by atoms with van der Waals surface area (Å²) in [5.74, 6) is 0.358. The summed E-state index contributed by atoms with van der Waals surface area (Å²) in [5.41, 5.74) is 9.54. The van der Waals surface area contributed by atoms with E-state index in [2.05, 4.69) is 62.5 Å². The van der Waals surface area contributed by atoms with Gasteiger partial charge in [0, 0.05) is 17.7 Å². The highest BCUT2D eigenvalue weighted by atomic mass is 16.5. The SMILES string of the molecule is CC(C)(C)c1cc(NC(=O)[C@@](C)(N)CO)ccc1OCCc1ccc(-c2ccccc2)cc1. The van der Waals surface area contributed by atoms with Crippen molar-refractivity contribution in [3.63, 3.8) is 0 Å². The van der Waals surface area contributed by atoms with Gasteiger partial charge >= 0.3 is 0 Å². The van der Waals surface area contributed by atoms with Gasteiger partial charge in [-0.25, -0.2) is 0 Å². The van der Waals surface area contributed by atoms with Crippen LogP contribution in [0.15, 0.2) is 72.8 Å². The third kappa shape index (κ3) is 6.44. The first-order valence-corrected chi connectivity index (χ1v) is 11.2. The van der Waals surface area contributed by atoms with E-state index in [1.165, 1.54) is 23.6 Å². The van der Waals surface area contributed by atoms with Crippen molar-refractivity contribution in [1.29, 1.82) is 0 Å². The summed E-state index contributed by atoms with van der Waals surface area (Å²) in [5, 5.41) is 12.1. The summed E-state index contributed by atoms with van der Waals surface area (Å²) in [6, 6.07) is 24.5. The third-order valence-electron chi connectivity index (χ3n) is 5.60. The number of benzene rings is 3. The molecule has 3 aromatic rings. The van der Waals surface area contributed by atoms with Crippen LogP contribution >= 0.6 is 0 Å². The molecule has 0 aliphatic carbocycles. The molecule has 5 heteroatoms. The van der Waals surface area contributed by atoms with E-state index >= 15 is 0 Å². The second-order valence-electron chi connectivity index (χ2n) is 9.65. The Bertz CT molecular complexity index is 1070. The molecule has 0 spiro atoms. The molecule has 3 rings (SSSR count). The Kier molecular flexibility index (Phi) is 7.57. The van der Waals surface area contributed by atoms with Gasteiger partial charge in [0.2, 0.25) is 5.91 Å². The number of aliphatic hydroxyl groups excluding tert-OH is 1. The van der Waals surface area contributed by atoms with E-state index < -0.39 is 18.1 Å². The molecule has 0 bridgehead atoms. The van der Waals surface area contributed by atoms with Crippen LogP contribution in [0.4, 0.5) is 5.69 Å². The van der Waals surface area contributed by atoms with Crippen LogP contribution in [0.2, 0.25) is 0 Å². The molecular weight excluding hydrogens is 412 g/mol. The predicted molar refractivity (Wildman–Crippen MR) is 135 cm³/mol. The Labute approximate surface area is 196 Å². The highest BCUT2D eigenvalue weighted by Crippen LogP contribution is 2.34. The maximum atomic E-state index is 12.3. The number of amides is 1. The molecule has 1 atom stereocenters. The van der Waals surface area contributed by atoms with E-state index in [4.69, 9.17) is 10.5 Å². The highest BCUT2D eigenvalue weighted by Gasteiger charge is 2.28. The summed E-state index contributed by atoms with van der Waals surface area (Å²) in [7, 11) is 0. The Morgan fingerprint density at radius 3 is 2.18 bits per heavy atom. The molecule has 0 aromatic heterocycles. The van der Waals surface area contributed by atoms with E-state index in [9.17, 15) is 9.90 Å². The Hall–Kier alpha value is -3.15. The molecule has 4 N–H and O–H groups in total. The van der Waals surface area contributed by atoms with Gasteiger partial charge in [-0.05, 0) is 47.2 Å². The van der Waals surface area contributed by atoms with Crippen molar-refractivity contribution in [3.05, 3.63) is 83.9 Å². The molecule has 5 nitrogen and oxygen atoms in total. The van der Waals surface area contributed by atoms with Crippen molar-refractivity contribution < 1.29 is 14.6 Å². The first-order chi connectivity index (χ1) is 15.6. The van der Waals surface area contributed by atoms with Gasteiger partial charge in [0.1, 0.15) is 11.3 Å². The second kappa shape index (κ2) is 10.2. The van der Waals surface area contributed by atoms with Gasteiger partial charge in [-0.1, -0.05) is 75.4 Å². The summed E-state index contributed by atoms with van der Waals surface area (Å²) >= 11 is 0. The number of carbonyl (C=O) groups is 1. The topological polar surface area (TPSA) is 84.6 Å². The van der Waals surface area contributed by atoms with Gasteiger partial charge in [0.15, 0.2) is 0 Å². The zero-order valence-electron chi connectivity index (χ0n) is 19.9. The molecule has 0 aliphatic rings. The van der Waals surface area contributed by atoms with E-state index in [-0.39, 0.29) is 5.41 Å². The number of ether oxygens (including phenoxy) is 1. The summed E-state index contributed by atoms with van der Waals surface area (Å²) in [4.78, 5) is 12.3. The molecule has 174 valence electrons. The number of rotatable bonds is 8. The van der Waals surface area contributed by atoms with Crippen molar-refractivity contribution in [1.82, 2.24) is 0 Å². The zero-order chi connectivity index (χ0) is 24.1. The molecular formula is C28H34N2O3. The fraction of sp³-hybridized carbons (Fsp3) is 0.321. The van der Waals surface area contributed by atoms with E-state index in [1.54, 1.807) is 6.07 Å². The molecule has 0 aliphatic heterocycles. The van der Waals surface area contributed by atoms with E-state index in [0.717, 1.165) is 17.7 Å². The van der Waals surface area contributed by atoms with Gasteiger partial charge in [-0.2, -0.15) is 0 Å².